The molecule has 0 unspecified atom stereocenters. The zero-order chi connectivity index (χ0) is 10.7. The van der Waals surface area contributed by atoms with Crippen molar-refractivity contribution in [3.05, 3.63) is 35.4 Å². The van der Waals surface area contributed by atoms with Crippen molar-refractivity contribution in [1.29, 1.82) is 0 Å². The molecule has 0 bridgehead atoms. The van der Waals surface area contributed by atoms with Gasteiger partial charge in [0.1, 0.15) is 0 Å². The lowest BCUT2D eigenvalue weighted by Gasteiger charge is -2.25. The Labute approximate surface area is 89.6 Å². The van der Waals surface area contributed by atoms with Gasteiger partial charge in [-0.05, 0) is 31.9 Å². The van der Waals surface area contributed by atoms with Gasteiger partial charge in [0.15, 0.2) is 0 Å². The molecule has 0 N–H and O–H groups in total. The molecule has 0 aromatic heterocycles. The van der Waals surface area contributed by atoms with E-state index in [1.807, 2.05) is 31.2 Å². The van der Waals surface area contributed by atoms with Gasteiger partial charge in [-0.25, -0.2) is 5.06 Å². The Morgan fingerprint density at radius 2 is 2.00 bits per heavy atom. The van der Waals surface area contributed by atoms with E-state index in [4.69, 9.17) is 4.84 Å². The van der Waals surface area contributed by atoms with Gasteiger partial charge in [0.05, 0.1) is 6.61 Å². The van der Waals surface area contributed by atoms with Crippen LogP contribution < -0.4 is 0 Å². The van der Waals surface area contributed by atoms with Crippen LogP contribution in [0.4, 0.5) is 0 Å². The molecule has 15 heavy (non-hydrogen) atoms. The first kappa shape index (κ1) is 10.2. The summed E-state index contributed by atoms with van der Waals surface area (Å²) in [4.78, 5) is 17.2. The van der Waals surface area contributed by atoms with E-state index < -0.39 is 0 Å². The Kier molecular flexibility index (Phi) is 3.02. The predicted octanol–water partition coefficient (Wildman–Crippen LogP) is 2.16. The molecule has 3 heteroatoms. The summed E-state index contributed by atoms with van der Waals surface area (Å²) in [6.07, 6.45) is 2.06. The SMILES string of the molecule is Cc1ccc(C(=O)N2CCCCO2)cc1. The lowest BCUT2D eigenvalue weighted by molar-refractivity contribution is -0.144. The second kappa shape index (κ2) is 4.45. The van der Waals surface area contributed by atoms with E-state index >= 15 is 0 Å². The predicted molar refractivity (Wildman–Crippen MR) is 57.4 cm³/mol. The summed E-state index contributed by atoms with van der Waals surface area (Å²) < 4.78 is 0. The molecule has 0 aliphatic carbocycles. The summed E-state index contributed by atoms with van der Waals surface area (Å²) in [7, 11) is 0. The molecule has 0 radical (unpaired) electrons. The van der Waals surface area contributed by atoms with Gasteiger partial charge in [-0.3, -0.25) is 9.63 Å². The lowest BCUT2D eigenvalue weighted by Crippen LogP contribution is -2.35. The molecule has 1 heterocycles. The number of carbonyl (C=O) groups is 1. The highest BCUT2D eigenvalue weighted by atomic mass is 16.7. The van der Waals surface area contributed by atoms with E-state index in [-0.39, 0.29) is 5.91 Å². The summed E-state index contributed by atoms with van der Waals surface area (Å²) in [6.45, 7) is 3.36. The van der Waals surface area contributed by atoms with Gasteiger partial charge >= 0.3 is 0 Å². The monoisotopic (exact) mass is 205 g/mol. The van der Waals surface area contributed by atoms with Gasteiger partial charge in [0.25, 0.3) is 5.91 Å². The van der Waals surface area contributed by atoms with E-state index in [1.54, 1.807) is 0 Å². The zero-order valence-corrected chi connectivity index (χ0v) is 8.90. The topological polar surface area (TPSA) is 29.5 Å². The Morgan fingerprint density at radius 1 is 1.27 bits per heavy atom. The first-order chi connectivity index (χ1) is 7.27. The van der Waals surface area contributed by atoms with Crippen LogP contribution in [-0.4, -0.2) is 24.1 Å². The smallest absolute Gasteiger partial charge is 0.271 e. The molecule has 80 valence electrons. The van der Waals surface area contributed by atoms with E-state index in [1.165, 1.54) is 5.06 Å². The Morgan fingerprint density at radius 3 is 2.60 bits per heavy atom. The van der Waals surface area contributed by atoms with E-state index in [0.29, 0.717) is 18.7 Å². The van der Waals surface area contributed by atoms with E-state index in [0.717, 1.165) is 18.4 Å². The molecule has 1 amide bonds. The fourth-order valence-corrected chi connectivity index (χ4v) is 1.60. The zero-order valence-electron chi connectivity index (χ0n) is 8.90. The molecular weight excluding hydrogens is 190 g/mol. The molecule has 1 aliphatic rings. The van der Waals surface area contributed by atoms with Crippen LogP contribution in [0.25, 0.3) is 0 Å². The van der Waals surface area contributed by atoms with Crippen molar-refractivity contribution in [3.63, 3.8) is 0 Å². The number of aryl methyl sites for hydroxylation is 1. The molecule has 3 nitrogen and oxygen atoms in total. The second-order valence-electron chi connectivity index (χ2n) is 3.81. The van der Waals surface area contributed by atoms with Crippen LogP contribution in [0.15, 0.2) is 24.3 Å². The first-order valence-corrected chi connectivity index (χ1v) is 5.29. The normalized spacial score (nSPS) is 16.5. The standard InChI is InChI=1S/C12H15NO2/c1-10-4-6-11(7-5-10)12(14)13-8-2-3-9-15-13/h4-7H,2-3,8-9H2,1H3. The minimum Gasteiger partial charge on any atom is -0.271 e. The number of hydroxylamine groups is 2. The fraction of sp³-hybridized carbons (Fsp3) is 0.417. The third-order valence-corrected chi connectivity index (χ3v) is 2.53. The molecule has 1 saturated heterocycles. The van der Waals surface area contributed by atoms with Crippen molar-refractivity contribution >= 4 is 5.91 Å². The maximum absolute atomic E-state index is 11.9. The molecule has 1 fully saturated rings. The van der Waals surface area contributed by atoms with Crippen LogP contribution in [0.2, 0.25) is 0 Å². The average molecular weight is 205 g/mol. The van der Waals surface area contributed by atoms with Gasteiger partial charge < -0.3 is 0 Å². The molecule has 2 rings (SSSR count). The van der Waals surface area contributed by atoms with Gasteiger partial charge in [-0.15, -0.1) is 0 Å². The molecule has 0 atom stereocenters. The number of hydrogen-bond donors (Lipinski definition) is 0. The van der Waals surface area contributed by atoms with Crippen LogP contribution in [0.5, 0.6) is 0 Å². The highest BCUT2D eigenvalue weighted by molar-refractivity contribution is 5.93. The van der Waals surface area contributed by atoms with Crippen molar-refractivity contribution in [2.45, 2.75) is 19.8 Å². The number of amides is 1. The third kappa shape index (κ3) is 2.36. The van der Waals surface area contributed by atoms with Gasteiger partial charge in [-0.1, -0.05) is 17.7 Å². The average Bonchev–Trinajstić information content (AvgIpc) is 2.30. The summed E-state index contributed by atoms with van der Waals surface area (Å²) in [5, 5.41) is 1.47. The maximum Gasteiger partial charge on any atom is 0.277 e. The summed E-state index contributed by atoms with van der Waals surface area (Å²) in [5.74, 6) is -0.0327. The number of hydrogen-bond acceptors (Lipinski definition) is 2. The highest BCUT2D eigenvalue weighted by Crippen LogP contribution is 2.12. The lowest BCUT2D eigenvalue weighted by atomic mass is 10.1. The van der Waals surface area contributed by atoms with Crippen molar-refractivity contribution in [2.75, 3.05) is 13.2 Å². The third-order valence-electron chi connectivity index (χ3n) is 2.53. The fourth-order valence-electron chi connectivity index (χ4n) is 1.60. The minimum atomic E-state index is -0.0327. The van der Waals surface area contributed by atoms with Crippen molar-refractivity contribution in [3.8, 4) is 0 Å². The summed E-state index contributed by atoms with van der Waals surface area (Å²) in [6, 6.07) is 7.57. The van der Waals surface area contributed by atoms with E-state index in [2.05, 4.69) is 0 Å². The van der Waals surface area contributed by atoms with Gasteiger partial charge in [-0.2, -0.15) is 0 Å². The minimum absolute atomic E-state index is 0.0327. The molecule has 1 aromatic rings. The van der Waals surface area contributed by atoms with Gasteiger partial charge in [0, 0.05) is 12.1 Å². The molecular formula is C12H15NO2. The largest absolute Gasteiger partial charge is 0.277 e. The van der Waals surface area contributed by atoms with Crippen LogP contribution in [0, 0.1) is 6.92 Å². The van der Waals surface area contributed by atoms with E-state index in [9.17, 15) is 4.79 Å². The summed E-state index contributed by atoms with van der Waals surface area (Å²) >= 11 is 0. The van der Waals surface area contributed by atoms with Crippen LogP contribution in [0.1, 0.15) is 28.8 Å². The van der Waals surface area contributed by atoms with Crippen LogP contribution in [0.3, 0.4) is 0 Å². The van der Waals surface area contributed by atoms with Crippen molar-refractivity contribution < 1.29 is 9.63 Å². The maximum atomic E-state index is 11.9. The summed E-state index contributed by atoms with van der Waals surface area (Å²) in [5.41, 5.74) is 1.86. The quantitative estimate of drug-likeness (QED) is 0.703. The number of nitrogens with zero attached hydrogens (tertiary/aromatic N) is 1. The first-order valence-electron chi connectivity index (χ1n) is 5.29. The Hall–Kier alpha value is -1.35. The molecule has 0 spiro atoms. The van der Waals surface area contributed by atoms with Crippen molar-refractivity contribution in [1.82, 2.24) is 5.06 Å². The Bertz CT molecular complexity index is 339. The number of carbonyl (C=O) groups excluding carboxylic acids is 1. The van der Waals surface area contributed by atoms with Gasteiger partial charge in [0.2, 0.25) is 0 Å². The molecule has 0 saturated carbocycles. The molecule has 1 aliphatic heterocycles. The Balaban J connectivity index is 2.09. The highest BCUT2D eigenvalue weighted by Gasteiger charge is 2.18. The number of rotatable bonds is 1. The number of benzene rings is 1. The van der Waals surface area contributed by atoms with Crippen molar-refractivity contribution in [2.24, 2.45) is 0 Å². The van der Waals surface area contributed by atoms with Crippen LogP contribution in [-0.2, 0) is 4.84 Å². The second-order valence-corrected chi connectivity index (χ2v) is 3.81. The molecule has 1 aromatic carbocycles. The van der Waals surface area contributed by atoms with Crippen LogP contribution >= 0.6 is 0 Å².